The van der Waals surface area contributed by atoms with E-state index in [-0.39, 0.29) is 0 Å². The minimum Gasteiger partial charge on any atom is -0.310 e. The minimum atomic E-state index is 0.441. The van der Waals surface area contributed by atoms with Gasteiger partial charge in [-0.2, -0.15) is 0 Å². The standard InChI is InChI=1S/C15H30.C11H16.C3H7N/c1-7-10-11-14(9-3)15(5,6)12-13(4)8-2;1-3-7-10(2)11-8-5-4-6-9-11;1-3(2)4/h14H,4,7-12H2,1-3,5-6H3;4-6,8-10H,3,7H2,1-2H3;4H,1-2H3. The van der Waals surface area contributed by atoms with E-state index in [9.17, 15) is 0 Å². The molecule has 0 fully saturated rings. The Balaban J connectivity index is 0. The number of hydrogen-bond acceptors (Lipinski definition) is 1. The Morgan fingerprint density at radius 2 is 1.50 bits per heavy atom. The van der Waals surface area contributed by atoms with Crippen molar-refractivity contribution >= 4 is 5.71 Å². The van der Waals surface area contributed by atoms with E-state index in [1.165, 1.54) is 56.1 Å². The molecule has 30 heavy (non-hydrogen) atoms. The van der Waals surface area contributed by atoms with E-state index < -0.39 is 0 Å². The molecule has 0 aliphatic heterocycles. The van der Waals surface area contributed by atoms with Gasteiger partial charge in [-0.05, 0) is 62.3 Å². The molecular weight excluding hydrogens is 362 g/mol. The molecule has 1 rings (SSSR count). The Bertz CT molecular complexity index is 537. The maximum absolute atomic E-state index is 6.50. The quantitative estimate of drug-likeness (QED) is 0.274. The zero-order valence-electron chi connectivity index (χ0n) is 21.9. The molecule has 0 saturated heterocycles. The van der Waals surface area contributed by atoms with Crippen molar-refractivity contribution in [1.82, 2.24) is 0 Å². The van der Waals surface area contributed by atoms with Gasteiger partial charge in [-0.15, -0.1) is 0 Å². The maximum atomic E-state index is 6.50. The molecule has 1 heteroatoms. The van der Waals surface area contributed by atoms with Crippen molar-refractivity contribution < 1.29 is 0 Å². The summed E-state index contributed by atoms with van der Waals surface area (Å²) in [5.74, 6) is 1.59. The highest BCUT2D eigenvalue weighted by Crippen LogP contribution is 2.38. The average Bonchev–Trinajstić information content (AvgIpc) is 2.69. The summed E-state index contributed by atoms with van der Waals surface area (Å²) in [4.78, 5) is 0. The summed E-state index contributed by atoms with van der Waals surface area (Å²) in [5.41, 5.74) is 3.99. The van der Waals surface area contributed by atoms with Crippen LogP contribution in [0.25, 0.3) is 0 Å². The SMILES string of the molecule is C=C(CC)CC(C)(C)C(CC)CCCC.CC(C)=N.CCCC(C)c1ccccc1. The van der Waals surface area contributed by atoms with Crippen LogP contribution in [-0.4, -0.2) is 5.71 Å². The molecule has 174 valence electrons. The highest BCUT2D eigenvalue weighted by Gasteiger charge is 2.27. The number of allylic oxidation sites excluding steroid dienone is 1. The van der Waals surface area contributed by atoms with Crippen molar-refractivity contribution in [1.29, 1.82) is 5.41 Å². The summed E-state index contributed by atoms with van der Waals surface area (Å²) in [7, 11) is 0. The lowest BCUT2D eigenvalue weighted by molar-refractivity contribution is 0.186. The van der Waals surface area contributed by atoms with E-state index in [1.807, 2.05) is 0 Å². The Hall–Kier alpha value is -1.37. The first-order valence-corrected chi connectivity index (χ1v) is 12.3. The third kappa shape index (κ3) is 16.4. The van der Waals surface area contributed by atoms with Gasteiger partial charge in [0.25, 0.3) is 0 Å². The predicted molar refractivity (Wildman–Crippen MR) is 140 cm³/mol. The number of rotatable bonds is 11. The number of unbranched alkanes of at least 4 members (excludes halogenated alkanes) is 1. The van der Waals surface area contributed by atoms with E-state index in [0.717, 1.165) is 18.3 Å². The molecule has 0 amide bonds. The molecule has 1 aromatic rings. The molecule has 1 nitrogen and oxygen atoms in total. The Kier molecular flexibility index (Phi) is 18.9. The summed E-state index contributed by atoms with van der Waals surface area (Å²) in [6, 6.07) is 10.7. The fraction of sp³-hybridized carbons (Fsp3) is 0.690. The fourth-order valence-electron chi connectivity index (χ4n) is 3.89. The molecular formula is C29H53N. The summed E-state index contributed by atoms with van der Waals surface area (Å²) >= 11 is 0. The van der Waals surface area contributed by atoms with Gasteiger partial charge >= 0.3 is 0 Å². The molecule has 0 radical (unpaired) electrons. The zero-order chi connectivity index (χ0) is 23.6. The maximum Gasteiger partial charge on any atom is 0.00272 e. The van der Waals surface area contributed by atoms with Crippen LogP contribution in [0, 0.1) is 16.7 Å². The van der Waals surface area contributed by atoms with Crippen LogP contribution in [0.2, 0.25) is 0 Å². The van der Waals surface area contributed by atoms with Crippen LogP contribution in [0.3, 0.4) is 0 Å². The fourth-order valence-corrected chi connectivity index (χ4v) is 3.89. The van der Waals surface area contributed by atoms with Gasteiger partial charge in [0.2, 0.25) is 0 Å². The molecule has 1 aromatic carbocycles. The Morgan fingerprint density at radius 3 is 1.90 bits per heavy atom. The van der Waals surface area contributed by atoms with Crippen molar-refractivity contribution in [3.8, 4) is 0 Å². The van der Waals surface area contributed by atoms with E-state index in [4.69, 9.17) is 5.41 Å². The van der Waals surface area contributed by atoms with E-state index in [0.29, 0.717) is 11.1 Å². The van der Waals surface area contributed by atoms with Gasteiger partial charge in [-0.1, -0.05) is 117 Å². The molecule has 0 saturated carbocycles. The van der Waals surface area contributed by atoms with Gasteiger partial charge in [-0.3, -0.25) is 0 Å². The second-order valence-corrected chi connectivity index (χ2v) is 9.62. The molecule has 0 aromatic heterocycles. The molecule has 0 aliphatic carbocycles. The molecule has 0 bridgehead atoms. The zero-order valence-corrected chi connectivity index (χ0v) is 21.9. The van der Waals surface area contributed by atoms with Crippen LogP contribution in [0.4, 0.5) is 0 Å². The minimum absolute atomic E-state index is 0.441. The second-order valence-electron chi connectivity index (χ2n) is 9.62. The average molecular weight is 416 g/mol. The van der Waals surface area contributed by atoms with Gasteiger partial charge in [0, 0.05) is 5.71 Å². The summed E-state index contributed by atoms with van der Waals surface area (Å²) in [6.45, 7) is 23.8. The van der Waals surface area contributed by atoms with E-state index in [2.05, 4.69) is 85.4 Å². The summed E-state index contributed by atoms with van der Waals surface area (Å²) < 4.78 is 0. The third-order valence-electron chi connectivity index (χ3n) is 5.80. The lowest BCUT2D eigenvalue weighted by Gasteiger charge is -2.34. The molecule has 2 atom stereocenters. The van der Waals surface area contributed by atoms with Gasteiger partial charge < -0.3 is 5.41 Å². The van der Waals surface area contributed by atoms with Crippen LogP contribution in [0.5, 0.6) is 0 Å². The van der Waals surface area contributed by atoms with Crippen LogP contribution < -0.4 is 0 Å². The van der Waals surface area contributed by atoms with Crippen molar-refractivity contribution in [2.45, 2.75) is 120 Å². The van der Waals surface area contributed by atoms with Crippen molar-refractivity contribution in [2.75, 3.05) is 0 Å². The second kappa shape index (κ2) is 18.4. The van der Waals surface area contributed by atoms with Crippen molar-refractivity contribution in [3.05, 3.63) is 48.0 Å². The summed E-state index contributed by atoms with van der Waals surface area (Å²) in [6.07, 6.45) is 10.3. The van der Waals surface area contributed by atoms with E-state index in [1.54, 1.807) is 13.8 Å². The van der Waals surface area contributed by atoms with Crippen LogP contribution in [0.15, 0.2) is 42.5 Å². The smallest absolute Gasteiger partial charge is 0.00272 e. The van der Waals surface area contributed by atoms with Crippen molar-refractivity contribution in [3.63, 3.8) is 0 Å². The summed E-state index contributed by atoms with van der Waals surface area (Å²) in [5, 5.41) is 6.50. The van der Waals surface area contributed by atoms with Crippen LogP contribution in [-0.2, 0) is 0 Å². The topological polar surface area (TPSA) is 23.9 Å². The molecule has 0 aliphatic rings. The van der Waals surface area contributed by atoms with Gasteiger partial charge in [0.1, 0.15) is 0 Å². The number of hydrogen-bond donors (Lipinski definition) is 1. The first-order chi connectivity index (χ1) is 14.0. The van der Waals surface area contributed by atoms with Crippen LogP contribution in [0.1, 0.15) is 125 Å². The largest absolute Gasteiger partial charge is 0.310 e. The molecule has 1 N–H and O–H groups in total. The van der Waals surface area contributed by atoms with E-state index >= 15 is 0 Å². The van der Waals surface area contributed by atoms with Gasteiger partial charge in [0.15, 0.2) is 0 Å². The monoisotopic (exact) mass is 415 g/mol. The normalized spacial score (nSPS) is 12.6. The highest BCUT2D eigenvalue weighted by atomic mass is 14.3. The first kappa shape index (κ1) is 30.8. The number of benzene rings is 1. The highest BCUT2D eigenvalue weighted by molar-refractivity contribution is 5.75. The molecule has 0 heterocycles. The lowest BCUT2D eigenvalue weighted by Crippen LogP contribution is -2.24. The van der Waals surface area contributed by atoms with Gasteiger partial charge in [-0.25, -0.2) is 0 Å². The van der Waals surface area contributed by atoms with Crippen LogP contribution >= 0.6 is 0 Å². The Labute approximate surface area is 190 Å². The number of nitrogens with one attached hydrogen (secondary N) is 1. The third-order valence-corrected chi connectivity index (χ3v) is 5.80. The van der Waals surface area contributed by atoms with Gasteiger partial charge in [0.05, 0.1) is 0 Å². The van der Waals surface area contributed by atoms with Crippen molar-refractivity contribution in [2.24, 2.45) is 11.3 Å². The first-order valence-electron chi connectivity index (χ1n) is 12.3. The predicted octanol–water partition coefficient (Wildman–Crippen LogP) is 10.2. The molecule has 0 spiro atoms. The molecule has 2 unspecified atom stereocenters. The lowest BCUT2D eigenvalue weighted by atomic mass is 9.71. The Morgan fingerprint density at radius 1 is 0.967 bits per heavy atom.